The first-order valence-electron chi connectivity index (χ1n) is 6.03. The Bertz CT molecular complexity index is 258. The summed E-state index contributed by atoms with van der Waals surface area (Å²) in [5.74, 6) is 0.570. The van der Waals surface area contributed by atoms with Crippen molar-refractivity contribution in [2.24, 2.45) is 17.6 Å². The first-order chi connectivity index (χ1) is 7.26. The first kappa shape index (κ1) is 13.5. The van der Waals surface area contributed by atoms with Gasteiger partial charge < -0.3 is 15.7 Å². The van der Waals surface area contributed by atoms with Crippen LogP contribution in [0, 0.1) is 11.8 Å². The Balaban J connectivity index is 2.43. The number of rotatable bonds is 4. The number of nitrogens with two attached hydrogens (primary N) is 1. The van der Waals surface area contributed by atoms with Gasteiger partial charge in [0.1, 0.15) is 5.60 Å². The number of likely N-dealkylation sites (tertiary alicyclic amines) is 1. The minimum atomic E-state index is -0.701. The quantitative estimate of drug-likeness (QED) is 0.740. The summed E-state index contributed by atoms with van der Waals surface area (Å²) in [6.07, 6.45) is 0.704. The second kappa shape index (κ2) is 4.72. The van der Waals surface area contributed by atoms with Gasteiger partial charge in [0.15, 0.2) is 0 Å². The van der Waals surface area contributed by atoms with Crippen molar-refractivity contribution in [3.8, 4) is 0 Å². The van der Waals surface area contributed by atoms with E-state index in [1.807, 2.05) is 27.7 Å². The van der Waals surface area contributed by atoms with Gasteiger partial charge in [0.05, 0.1) is 19.1 Å². The van der Waals surface area contributed by atoms with E-state index in [9.17, 15) is 9.90 Å². The molecule has 0 spiro atoms. The predicted molar refractivity (Wildman–Crippen MR) is 63.8 cm³/mol. The van der Waals surface area contributed by atoms with Crippen LogP contribution in [0.2, 0.25) is 0 Å². The summed E-state index contributed by atoms with van der Waals surface area (Å²) in [5, 5.41) is 10.0. The van der Waals surface area contributed by atoms with Crippen molar-refractivity contribution in [2.75, 3.05) is 13.1 Å². The standard InChI is InChI=1S/C12H24N2O2/c1-8(2)5-10(13)11(15)14-6-12(16,7-14)9(3)4/h8-10,16H,5-7,13H2,1-4H3. The molecular weight excluding hydrogens is 204 g/mol. The molecule has 0 bridgehead atoms. The molecule has 4 nitrogen and oxygen atoms in total. The summed E-state index contributed by atoms with van der Waals surface area (Å²) in [6.45, 7) is 8.89. The maximum Gasteiger partial charge on any atom is 0.239 e. The Hall–Kier alpha value is -0.610. The van der Waals surface area contributed by atoms with Gasteiger partial charge in [0.25, 0.3) is 0 Å². The highest BCUT2D eigenvalue weighted by molar-refractivity contribution is 5.82. The highest BCUT2D eigenvalue weighted by Crippen LogP contribution is 2.29. The van der Waals surface area contributed by atoms with Crippen LogP contribution < -0.4 is 5.73 Å². The third kappa shape index (κ3) is 2.74. The number of carbonyl (C=O) groups is 1. The molecule has 1 rings (SSSR count). The van der Waals surface area contributed by atoms with Crippen LogP contribution in [0.15, 0.2) is 0 Å². The molecule has 1 heterocycles. The van der Waals surface area contributed by atoms with Crippen molar-refractivity contribution in [3.63, 3.8) is 0 Å². The van der Waals surface area contributed by atoms with E-state index in [4.69, 9.17) is 5.73 Å². The average Bonchev–Trinajstić information content (AvgIpc) is 2.10. The second-order valence-corrected chi connectivity index (χ2v) is 5.69. The van der Waals surface area contributed by atoms with Crippen LogP contribution in [-0.2, 0) is 4.79 Å². The van der Waals surface area contributed by atoms with Gasteiger partial charge in [0.2, 0.25) is 5.91 Å². The number of hydrogen-bond donors (Lipinski definition) is 2. The monoisotopic (exact) mass is 228 g/mol. The van der Waals surface area contributed by atoms with E-state index in [2.05, 4.69) is 0 Å². The largest absolute Gasteiger partial charge is 0.386 e. The molecule has 1 unspecified atom stereocenters. The highest BCUT2D eigenvalue weighted by Gasteiger charge is 2.46. The molecular formula is C12H24N2O2. The zero-order chi connectivity index (χ0) is 12.5. The topological polar surface area (TPSA) is 66.6 Å². The van der Waals surface area contributed by atoms with E-state index in [1.165, 1.54) is 0 Å². The minimum absolute atomic E-state index is 0.0287. The maximum atomic E-state index is 11.9. The summed E-state index contributed by atoms with van der Waals surface area (Å²) in [4.78, 5) is 13.5. The summed E-state index contributed by atoms with van der Waals surface area (Å²) < 4.78 is 0. The fourth-order valence-corrected chi connectivity index (χ4v) is 1.98. The number of hydrogen-bond acceptors (Lipinski definition) is 3. The molecule has 0 aromatic carbocycles. The van der Waals surface area contributed by atoms with Gasteiger partial charge in [0, 0.05) is 0 Å². The molecule has 1 aliphatic rings. The van der Waals surface area contributed by atoms with Crippen LogP contribution in [0.1, 0.15) is 34.1 Å². The van der Waals surface area contributed by atoms with Crippen molar-refractivity contribution >= 4 is 5.91 Å². The van der Waals surface area contributed by atoms with Crippen molar-refractivity contribution < 1.29 is 9.90 Å². The third-order valence-electron chi connectivity index (χ3n) is 3.36. The van der Waals surface area contributed by atoms with Gasteiger partial charge in [-0.3, -0.25) is 4.79 Å². The van der Waals surface area contributed by atoms with Gasteiger partial charge in [-0.05, 0) is 18.3 Å². The lowest BCUT2D eigenvalue weighted by Crippen LogP contribution is -2.68. The Kier molecular flexibility index (Phi) is 3.97. The summed E-state index contributed by atoms with van der Waals surface area (Å²) in [5.41, 5.74) is 5.12. The fraction of sp³-hybridized carbons (Fsp3) is 0.917. The zero-order valence-corrected chi connectivity index (χ0v) is 10.7. The molecule has 1 fully saturated rings. The van der Waals surface area contributed by atoms with Crippen molar-refractivity contribution in [1.29, 1.82) is 0 Å². The zero-order valence-electron chi connectivity index (χ0n) is 10.7. The lowest BCUT2D eigenvalue weighted by Gasteiger charge is -2.49. The predicted octanol–water partition coefficient (Wildman–Crippen LogP) is 0.589. The molecule has 4 heteroatoms. The van der Waals surface area contributed by atoms with Gasteiger partial charge in [-0.25, -0.2) is 0 Å². The van der Waals surface area contributed by atoms with Crippen molar-refractivity contribution in [2.45, 2.75) is 45.8 Å². The number of β-amino-alcohol motifs (C(OH)–C–C–N with tert-alkyl or cyclic N) is 1. The molecule has 1 saturated heterocycles. The number of nitrogens with zero attached hydrogens (tertiary/aromatic N) is 1. The van der Waals surface area contributed by atoms with E-state index in [0.717, 1.165) is 0 Å². The average molecular weight is 228 g/mol. The lowest BCUT2D eigenvalue weighted by molar-refractivity contribution is -0.165. The Morgan fingerprint density at radius 1 is 1.38 bits per heavy atom. The summed E-state index contributed by atoms with van der Waals surface area (Å²) in [7, 11) is 0. The molecule has 0 saturated carbocycles. The molecule has 0 aliphatic carbocycles. The molecule has 3 N–H and O–H groups in total. The fourth-order valence-electron chi connectivity index (χ4n) is 1.98. The van der Waals surface area contributed by atoms with Crippen LogP contribution in [0.3, 0.4) is 0 Å². The van der Waals surface area contributed by atoms with Crippen molar-refractivity contribution in [3.05, 3.63) is 0 Å². The van der Waals surface area contributed by atoms with Crippen LogP contribution in [-0.4, -0.2) is 40.6 Å². The second-order valence-electron chi connectivity index (χ2n) is 5.69. The Morgan fingerprint density at radius 2 is 1.88 bits per heavy atom. The van der Waals surface area contributed by atoms with Crippen LogP contribution in [0.5, 0.6) is 0 Å². The maximum absolute atomic E-state index is 11.9. The van der Waals surface area contributed by atoms with Gasteiger partial charge in [-0.2, -0.15) is 0 Å². The molecule has 0 aromatic rings. The highest BCUT2D eigenvalue weighted by atomic mass is 16.3. The summed E-state index contributed by atoms with van der Waals surface area (Å²) in [6, 6.07) is -0.420. The minimum Gasteiger partial charge on any atom is -0.386 e. The third-order valence-corrected chi connectivity index (χ3v) is 3.36. The van der Waals surface area contributed by atoms with Crippen LogP contribution >= 0.6 is 0 Å². The number of amides is 1. The van der Waals surface area contributed by atoms with Gasteiger partial charge >= 0.3 is 0 Å². The normalized spacial score (nSPS) is 21.1. The number of carbonyl (C=O) groups excluding carboxylic acids is 1. The van der Waals surface area contributed by atoms with Gasteiger partial charge in [-0.1, -0.05) is 27.7 Å². The molecule has 94 valence electrons. The Labute approximate surface area is 97.8 Å². The smallest absolute Gasteiger partial charge is 0.239 e. The molecule has 0 aromatic heterocycles. The van der Waals surface area contributed by atoms with Gasteiger partial charge in [-0.15, -0.1) is 0 Å². The lowest BCUT2D eigenvalue weighted by atomic mass is 9.82. The van der Waals surface area contributed by atoms with Crippen LogP contribution in [0.4, 0.5) is 0 Å². The molecule has 1 aliphatic heterocycles. The van der Waals surface area contributed by atoms with Crippen LogP contribution in [0.25, 0.3) is 0 Å². The molecule has 1 amide bonds. The molecule has 16 heavy (non-hydrogen) atoms. The number of aliphatic hydroxyl groups is 1. The first-order valence-corrected chi connectivity index (χ1v) is 6.03. The molecule has 1 atom stereocenters. The SMILES string of the molecule is CC(C)CC(N)C(=O)N1CC(O)(C(C)C)C1. The van der Waals surface area contributed by atoms with E-state index in [-0.39, 0.29) is 11.8 Å². The van der Waals surface area contributed by atoms with E-state index in [1.54, 1.807) is 4.90 Å². The van der Waals surface area contributed by atoms with Crippen molar-refractivity contribution in [1.82, 2.24) is 4.90 Å². The van der Waals surface area contributed by atoms with E-state index >= 15 is 0 Å². The Morgan fingerprint density at radius 3 is 2.25 bits per heavy atom. The van der Waals surface area contributed by atoms with E-state index < -0.39 is 11.6 Å². The van der Waals surface area contributed by atoms with E-state index in [0.29, 0.717) is 25.4 Å². The molecule has 0 radical (unpaired) electrons. The summed E-state index contributed by atoms with van der Waals surface area (Å²) >= 11 is 0.